The van der Waals surface area contributed by atoms with E-state index >= 15 is 0 Å². The normalized spacial score (nSPS) is 10.9. The van der Waals surface area contributed by atoms with Crippen LogP contribution < -0.4 is 16.4 Å². The molecular weight excluding hydrogens is 268 g/mol. The second-order valence-corrected chi connectivity index (χ2v) is 5.27. The van der Waals surface area contributed by atoms with Gasteiger partial charge in [0.2, 0.25) is 11.9 Å². The summed E-state index contributed by atoms with van der Waals surface area (Å²) in [7, 11) is 0. The topological polar surface area (TPSA) is 76.0 Å². The monoisotopic (exact) mass is 288 g/mol. The fraction of sp³-hybridized carbons (Fsp3) is 0.400. The van der Waals surface area contributed by atoms with Crippen molar-refractivity contribution in [2.45, 2.75) is 33.7 Å². The number of hydrogen-bond donors (Lipinski definition) is 2. The average molecular weight is 288 g/mol. The molecule has 0 unspecified atom stereocenters. The van der Waals surface area contributed by atoms with E-state index in [0.29, 0.717) is 29.8 Å². The van der Waals surface area contributed by atoms with Crippen LogP contribution in [0.25, 0.3) is 10.9 Å². The van der Waals surface area contributed by atoms with Crippen LogP contribution in [0.2, 0.25) is 0 Å². The van der Waals surface area contributed by atoms with Gasteiger partial charge in [-0.3, -0.25) is 25.0 Å². The number of nitrogens with zero attached hydrogens (tertiary/aromatic N) is 2. The highest BCUT2D eigenvalue weighted by atomic mass is 16.2. The Morgan fingerprint density at radius 1 is 1.33 bits per heavy atom. The molecule has 0 spiro atoms. The summed E-state index contributed by atoms with van der Waals surface area (Å²) in [5, 5.41) is 0.568. The Hall–Kier alpha value is -2.37. The number of rotatable bonds is 5. The SMILES string of the molecule is CCn1c(NNC(=O)CC(C)C)nc2ccccc2c1=O. The first-order valence-corrected chi connectivity index (χ1v) is 7.07. The Balaban J connectivity index is 2.31. The number of carbonyl (C=O) groups is 1. The molecule has 0 aliphatic carbocycles. The predicted molar refractivity (Wildman–Crippen MR) is 82.9 cm³/mol. The van der Waals surface area contributed by atoms with Gasteiger partial charge in [0.05, 0.1) is 10.9 Å². The molecular formula is C15H20N4O2. The number of fused-ring (bicyclic) bond motifs is 1. The first-order valence-electron chi connectivity index (χ1n) is 7.07. The zero-order chi connectivity index (χ0) is 15.4. The highest BCUT2D eigenvalue weighted by molar-refractivity contribution is 5.80. The minimum absolute atomic E-state index is 0.122. The molecule has 0 saturated carbocycles. The lowest BCUT2D eigenvalue weighted by Crippen LogP contribution is -2.34. The van der Waals surface area contributed by atoms with Crippen molar-refractivity contribution in [3.8, 4) is 0 Å². The number of aromatic nitrogens is 2. The molecule has 21 heavy (non-hydrogen) atoms. The fourth-order valence-corrected chi connectivity index (χ4v) is 2.10. The predicted octanol–water partition coefficient (Wildman–Crippen LogP) is 1.91. The van der Waals surface area contributed by atoms with Crippen molar-refractivity contribution in [2.75, 3.05) is 5.43 Å². The van der Waals surface area contributed by atoms with Gasteiger partial charge >= 0.3 is 0 Å². The van der Waals surface area contributed by atoms with Crippen molar-refractivity contribution < 1.29 is 4.79 Å². The summed E-state index contributed by atoms with van der Waals surface area (Å²) in [4.78, 5) is 28.5. The lowest BCUT2D eigenvalue weighted by atomic mass is 10.1. The molecule has 112 valence electrons. The van der Waals surface area contributed by atoms with Gasteiger partial charge in [0, 0.05) is 13.0 Å². The highest BCUT2D eigenvalue weighted by Crippen LogP contribution is 2.10. The van der Waals surface area contributed by atoms with Crippen molar-refractivity contribution in [1.29, 1.82) is 0 Å². The average Bonchev–Trinajstić information content (AvgIpc) is 2.44. The number of benzene rings is 1. The summed E-state index contributed by atoms with van der Waals surface area (Å²) in [6.07, 6.45) is 0.414. The largest absolute Gasteiger partial charge is 0.277 e. The van der Waals surface area contributed by atoms with Crippen LogP contribution in [0.15, 0.2) is 29.1 Å². The number of para-hydroxylation sites is 1. The van der Waals surface area contributed by atoms with Crippen molar-refractivity contribution in [2.24, 2.45) is 5.92 Å². The summed E-state index contributed by atoms with van der Waals surface area (Å²) in [6, 6.07) is 7.16. The molecule has 0 atom stereocenters. The van der Waals surface area contributed by atoms with Gasteiger partial charge < -0.3 is 0 Å². The molecule has 2 N–H and O–H groups in total. The third-order valence-corrected chi connectivity index (χ3v) is 3.09. The molecule has 6 heteroatoms. The van der Waals surface area contributed by atoms with Crippen LogP contribution >= 0.6 is 0 Å². The van der Waals surface area contributed by atoms with E-state index in [1.165, 1.54) is 4.57 Å². The number of hydrazine groups is 1. The summed E-state index contributed by atoms with van der Waals surface area (Å²) in [5.74, 6) is 0.484. The van der Waals surface area contributed by atoms with Crippen LogP contribution in [0, 0.1) is 5.92 Å². The Morgan fingerprint density at radius 3 is 2.71 bits per heavy atom. The van der Waals surface area contributed by atoms with Crippen molar-refractivity contribution in [3.05, 3.63) is 34.6 Å². The molecule has 0 aliphatic heterocycles. The van der Waals surface area contributed by atoms with E-state index < -0.39 is 0 Å². The van der Waals surface area contributed by atoms with Gasteiger partial charge in [-0.05, 0) is 25.0 Å². The Bertz CT molecular complexity index is 706. The smallest absolute Gasteiger partial charge is 0.262 e. The Kier molecular flexibility index (Phi) is 4.57. The molecule has 1 aromatic heterocycles. The van der Waals surface area contributed by atoms with E-state index in [1.54, 1.807) is 12.1 Å². The molecule has 1 aromatic carbocycles. The first kappa shape index (κ1) is 15.0. The van der Waals surface area contributed by atoms with Crippen molar-refractivity contribution in [3.63, 3.8) is 0 Å². The summed E-state index contributed by atoms with van der Waals surface area (Å²) in [6.45, 7) is 6.27. The van der Waals surface area contributed by atoms with Crippen LogP contribution in [-0.4, -0.2) is 15.5 Å². The number of nitrogens with one attached hydrogen (secondary N) is 2. The molecule has 0 aliphatic rings. The summed E-state index contributed by atoms with van der Waals surface area (Å²) >= 11 is 0. The number of amides is 1. The molecule has 1 heterocycles. The van der Waals surface area contributed by atoms with Crippen LogP contribution in [0.1, 0.15) is 27.2 Å². The lowest BCUT2D eigenvalue weighted by Gasteiger charge is -2.14. The van der Waals surface area contributed by atoms with Gasteiger partial charge in [0.15, 0.2) is 0 Å². The molecule has 6 nitrogen and oxygen atoms in total. The van der Waals surface area contributed by atoms with E-state index in [2.05, 4.69) is 15.8 Å². The van der Waals surface area contributed by atoms with E-state index in [0.717, 1.165) is 0 Å². The van der Waals surface area contributed by atoms with Gasteiger partial charge in [0.25, 0.3) is 5.56 Å². The molecule has 0 saturated heterocycles. The van der Waals surface area contributed by atoms with Gasteiger partial charge in [-0.1, -0.05) is 26.0 Å². The number of hydrogen-bond acceptors (Lipinski definition) is 4. The molecule has 2 rings (SSSR count). The second kappa shape index (κ2) is 6.39. The van der Waals surface area contributed by atoms with Gasteiger partial charge in [-0.2, -0.15) is 0 Å². The van der Waals surface area contributed by atoms with E-state index in [4.69, 9.17) is 0 Å². The third-order valence-electron chi connectivity index (χ3n) is 3.09. The Morgan fingerprint density at radius 2 is 2.05 bits per heavy atom. The minimum Gasteiger partial charge on any atom is -0.277 e. The lowest BCUT2D eigenvalue weighted by molar-refractivity contribution is -0.121. The quantitative estimate of drug-likeness (QED) is 0.824. The minimum atomic E-state index is -0.130. The van der Waals surface area contributed by atoms with Crippen LogP contribution in [0.4, 0.5) is 5.95 Å². The van der Waals surface area contributed by atoms with E-state index in [9.17, 15) is 9.59 Å². The first-order chi connectivity index (χ1) is 10.0. The standard InChI is InChI=1S/C15H20N4O2/c1-4-19-14(21)11-7-5-6-8-12(11)16-15(19)18-17-13(20)9-10(2)3/h5-8,10H,4,9H2,1-3H3,(H,16,18)(H,17,20). The second-order valence-electron chi connectivity index (χ2n) is 5.27. The molecule has 2 aromatic rings. The van der Waals surface area contributed by atoms with Gasteiger partial charge in [-0.25, -0.2) is 4.98 Å². The van der Waals surface area contributed by atoms with Crippen LogP contribution in [-0.2, 0) is 11.3 Å². The van der Waals surface area contributed by atoms with E-state index in [-0.39, 0.29) is 17.4 Å². The maximum absolute atomic E-state index is 12.4. The van der Waals surface area contributed by atoms with Gasteiger partial charge in [-0.15, -0.1) is 0 Å². The van der Waals surface area contributed by atoms with Crippen LogP contribution in [0.3, 0.4) is 0 Å². The van der Waals surface area contributed by atoms with Crippen LogP contribution in [0.5, 0.6) is 0 Å². The maximum atomic E-state index is 12.4. The maximum Gasteiger partial charge on any atom is 0.262 e. The number of carbonyl (C=O) groups excluding carboxylic acids is 1. The highest BCUT2D eigenvalue weighted by Gasteiger charge is 2.10. The van der Waals surface area contributed by atoms with Crippen molar-refractivity contribution in [1.82, 2.24) is 15.0 Å². The Labute approximate surface area is 123 Å². The van der Waals surface area contributed by atoms with E-state index in [1.807, 2.05) is 32.9 Å². The molecule has 1 amide bonds. The number of anilines is 1. The zero-order valence-corrected chi connectivity index (χ0v) is 12.5. The van der Waals surface area contributed by atoms with Crippen molar-refractivity contribution >= 4 is 22.8 Å². The zero-order valence-electron chi connectivity index (χ0n) is 12.5. The molecule has 0 radical (unpaired) electrons. The molecule has 0 bridgehead atoms. The summed E-state index contributed by atoms with van der Waals surface area (Å²) < 4.78 is 1.50. The summed E-state index contributed by atoms with van der Waals surface area (Å²) in [5.41, 5.74) is 5.82. The fourth-order valence-electron chi connectivity index (χ4n) is 2.10. The van der Waals surface area contributed by atoms with Gasteiger partial charge in [0.1, 0.15) is 0 Å². The molecule has 0 fully saturated rings. The third kappa shape index (κ3) is 3.39.